The molecule has 1 unspecified atom stereocenters. The van der Waals surface area contributed by atoms with Crippen LogP contribution in [0.1, 0.15) is 36.1 Å². The van der Waals surface area contributed by atoms with E-state index in [9.17, 15) is 9.59 Å². The fourth-order valence-electron chi connectivity index (χ4n) is 3.92. The lowest BCUT2D eigenvalue weighted by Gasteiger charge is -2.35. The number of amides is 2. The molecule has 1 aromatic heterocycles. The van der Waals surface area contributed by atoms with E-state index in [0.717, 1.165) is 47.2 Å². The quantitative estimate of drug-likeness (QED) is 0.518. The molecule has 1 aliphatic rings. The third kappa shape index (κ3) is 6.06. The first-order chi connectivity index (χ1) is 16.0. The fourth-order valence-corrected chi connectivity index (χ4v) is 4.84. The predicted molar refractivity (Wildman–Crippen MR) is 131 cm³/mol. The van der Waals surface area contributed by atoms with E-state index in [0.29, 0.717) is 5.76 Å². The molecule has 0 radical (unpaired) electrons. The number of hydrogen-bond acceptors (Lipinski definition) is 5. The van der Waals surface area contributed by atoms with Crippen molar-refractivity contribution >= 4 is 29.3 Å². The lowest BCUT2D eigenvalue weighted by molar-refractivity contribution is -0.121. The maximum Gasteiger partial charge on any atom is 0.287 e. The average molecular weight is 464 g/mol. The van der Waals surface area contributed by atoms with Gasteiger partial charge in [0, 0.05) is 28.9 Å². The number of nitrogens with zero attached hydrogens (tertiary/aromatic N) is 1. The smallest absolute Gasteiger partial charge is 0.287 e. The van der Waals surface area contributed by atoms with Gasteiger partial charge in [0.1, 0.15) is 5.76 Å². The van der Waals surface area contributed by atoms with Crippen LogP contribution >= 0.6 is 11.8 Å². The molecule has 1 aliphatic heterocycles. The van der Waals surface area contributed by atoms with E-state index >= 15 is 0 Å². The number of furan rings is 1. The Labute approximate surface area is 198 Å². The van der Waals surface area contributed by atoms with Crippen molar-refractivity contribution in [3.05, 3.63) is 78.3 Å². The van der Waals surface area contributed by atoms with Gasteiger partial charge in [-0.15, -0.1) is 0 Å². The van der Waals surface area contributed by atoms with Gasteiger partial charge in [0.15, 0.2) is 5.76 Å². The molecule has 6 nitrogen and oxygen atoms in total. The molecule has 1 saturated heterocycles. The summed E-state index contributed by atoms with van der Waals surface area (Å²) in [6.07, 6.45) is 1.59. The third-order valence-corrected chi connectivity index (χ3v) is 6.96. The second kappa shape index (κ2) is 10.7. The van der Waals surface area contributed by atoms with E-state index < -0.39 is 0 Å². The van der Waals surface area contributed by atoms with Crippen molar-refractivity contribution in [1.82, 2.24) is 10.2 Å². The van der Waals surface area contributed by atoms with Crippen LogP contribution in [0.4, 0.5) is 5.69 Å². The number of benzene rings is 2. The molecule has 2 heterocycles. The lowest BCUT2D eigenvalue weighted by atomic mass is 10.0. The lowest BCUT2D eigenvalue weighted by Crippen LogP contribution is -2.50. The zero-order valence-electron chi connectivity index (χ0n) is 18.9. The topological polar surface area (TPSA) is 74.6 Å². The Morgan fingerprint density at radius 3 is 2.39 bits per heavy atom. The summed E-state index contributed by atoms with van der Waals surface area (Å²) in [5, 5.41) is 6.16. The molecule has 0 aliphatic carbocycles. The molecule has 4 rings (SSSR count). The van der Waals surface area contributed by atoms with Gasteiger partial charge in [-0.2, -0.15) is 0 Å². The van der Waals surface area contributed by atoms with Gasteiger partial charge in [-0.3, -0.25) is 14.5 Å². The number of likely N-dealkylation sites (tertiary alicyclic amines) is 1. The highest BCUT2D eigenvalue weighted by Gasteiger charge is 2.28. The van der Waals surface area contributed by atoms with Crippen LogP contribution in [0.5, 0.6) is 0 Å². The number of para-hydroxylation sites is 1. The Balaban J connectivity index is 1.30. The first-order valence-electron chi connectivity index (χ1n) is 11.2. The van der Waals surface area contributed by atoms with Crippen LogP contribution in [0, 0.1) is 6.92 Å². The van der Waals surface area contributed by atoms with Gasteiger partial charge in [0.05, 0.1) is 11.7 Å². The van der Waals surface area contributed by atoms with Crippen molar-refractivity contribution in [2.75, 3.05) is 18.4 Å². The number of carbonyl (C=O) groups excluding carboxylic acids is 2. The molecule has 0 bridgehead atoms. The largest absolute Gasteiger partial charge is 0.456 e. The van der Waals surface area contributed by atoms with Crippen LogP contribution in [-0.4, -0.2) is 41.9 Å². The van der Waals surface area contributed by atoms with E-state index in [-0.39, 0.29) is 23.9 Å². The van der Waals surface area contributed by atoms with Gasteiger partial charge in [0.2, 0.25) is 5.91 Å². The van der Waals surface area contributed by atoms with Crippen molar-refractivity contribution in [3.63, 3.8) is 0 Å². The maximum atomic E-state index is 13.0. The van der Waals surface area contributed by atoms with Crippen molar-refractivity contribution in [2.24, 2.45) is 0 Å². The molecule has 33 heavy (non-hydrogen) atoms. The molecule has 2 N–H and O–H groups in total. The SMILES string of the molecule is Cc1ccc(C(=O)NC2CCN(C(C)C(=O)Nc3ccccc3Sc3ccccc3)CC2)o1. The molecule has 3 aromatic rings. The third-order valence-electron chi connectivity index (χ3n) is 5.87. The molecule has 7 heteroatoms. The number of rotatable bonds is 7. The normalized spacial score (nSPS) is 15.7. The zero-order chi connectivity index (χ0) is 23.2. The van der Waals surface area contributed by atoms with Gasteiger partial charge in [0.25, 0.3) is 5.91 Å². The summed E-state index contributed by atoms with van der Waals surface area (Å²) in [6, 6.07) is 21.3. The van der Waals surface area contributed by atoms with E-state index in [4.69, 9.17) is 4.42 Å². The first kappa shape index (κ1) is 23.1. The van der Waals surface area contributed by atoms with Crippen LogP contribution in [-0.2, 0) is 4.79 Å². The summed E-state index contributed by atoms with van der Waals surface area (Å²) in [5.41, 5.74) is 0.819. The monoisotopic (exact) mass is 463 g/mol. The molecule has 0 spiro atoms. The highest BCUT2D eigenvalue weighted by Crippen LogP contribution is 2.33. The van der Waals surface area contributed by atoms with Gasteiger partial charge >= 0.3 is 0 Å². The number of piperidine rings is 1. The van der Waals surface area contributed by atoms with Gasteiger partial charge in [-0.05, 0) is 63.1 Å². The number of anilines is 1. The molecule has 2 amide bonds. The minimum Gasteiger partial charge on any atom is -0.456 e. The Morgan fingerprint density at radius 2 is 1.70 bits per heavy atom. The second-order valence-corrected chi connectivity index (χ2v) is 9.39. The van der Waals surface area contributed by atoms with Crippen molar-refractivity contribution in [3.8, 4) is 0 Å². The minimum absolute atomic E-state index is 0.0235. The Morgan fingerprint density at radius 1 is 1.00 bits per heavy atom. The van der Waals surface area contributed by atoms with Crippen LogP contribution in [0.3, 0.4) is 0 Å². The summed E-state index contributed by atoms with van der Waals surface area (Å²) in [4.78, 5) is 29.7. The Bertz CT molecular complexity index is 1090. The van der Waals surface area contributed by atoms with E-state index in [1.54, 1.807) is 23.9 Å². The second-order valence-electron chi connectivity index (χ2n) is 8.27. The van der Waals surface area contributed by atoms with E-state index in [1.807, 2.05) is 56.3 Å². The molecule has 1 atom stereocenters. The summed E-state index contributed by atoms with van der Waals surface area (Å²) >= 11 is 1.63. The summed E-state index contributed by atoms with van der Waals surface area (Å²) in [7, 11) is 0. The van der Waals surface area contributed by atoms with E-state index in [1.165, 1.54) is 0 Å². The van der Waals surface area contributed by atoms with Crippen LogP contribution in [0.15, 0.2) is 80.9 Å². The van der Waals surface area contributed by atoms with Crippen molar-refractivity contribution in [1.29, 1.82) is 0 Å². The van der Waals surface area contributed by atoms with E-state index in [2.05, 4.69) is 27.7 Å². The highest BCUT2D eigenvalue weighted by atomic mass is 32.2. The van der Waals surface area contributed by atoms with Gasteiger partial charge < -0.3 is 15.1 Å². The van der Waals surface area contributed by atoms with Crippen LogP contribution in [0.25, 0.3) is 0 Å². The zero-order valence-corrected chi connectivity index (χ0v) is 19.7. The number of hydrogen-bond donors (Lipinski definition) is 2. The molecule has 172 valence electrons. The van der Waals surface area contributed by atoms with Crippen molar-refractivity contribution in [2.45, 2.75) is 48.6 Å². The standard InChI is InChI=1S/C26H29N3O3S/c1-18-12-13-23(32-18)26(31)27-20-14-16-29(17-15-20)19(2)25(30)28-22-10-6-7-11-24(22)33-21-8-4-3-5-9-21/h3-13,19-20H,14-17H2,1-2H3,(H,27,31)(H,28,30). The Hall–Kier alpha value is -3.03. The molecule has 0 saturated carbocycles. The molecular formula is C26H29N3O3S. The first-order valence-corrected chi connectivity index (χ1v) is 12.1. The fraction of sp³-hybridized carbons (Fsp3) is 0.308. The number of nitrogens with one attached hydrogen (secondary N) is 2. The van der Waals surface area contributed by atoms with Gasteiger partial charge in [-0.1, -0.05) is 42.1 Å². The Kier molecular flexibility index (Phi) is 7.52. The predicted octanol–water partition coefficient (Wildman–Crippen LogP) is 4.96. The summed E-state index contributed by atoms with van der Waals surface area (Å²) in [6.45, 7) is 5.25. The summed E-state index contributed by atoms with van der Waals surface area (Å²) < 4.78 is 5.40. The maximum absolute atomic E-state index is 13.0. The van der Waals surface area contributed by atoms with Crippen LogP contribution < -0.4 is 10.6 Å². The number of aryl methyl sites for hydroxylation is 1. The molecule has 2 aromatic carbocycles. The van der Waals surface area contributed by atoms with Crippen molar-refractivity contribution < 1.29 is 14.0 Å². The van der Waals surface area contributed by atoms with Gasteiger partial charge in [-0.25, -0.2) is 0 Å². The van der Waals surface area contributed by atoms with Crippen LogP contribution in [0.2, 0.25) is 0 Å². The number of carbonyl (C=O) groups is 2. The minimum atomic E-state index is -0.260. The highest BCUT2D eigenvalue weighted by molar-refractivity contribution is 7.99. The molecular weight excluding hydrogens is 434 g/mol. The molecule has 1 fully saturated rings. The average Bonchev–Trinajstić information content (AvgIpc) is 3.27. The summed E-state index contributed by atoms with van der Waals surface area (Å²) in [5.74, 6) is 0.859.